The Bertz CT molecular complexity index is 2770. The van der Waals surface area contributed by atoms with Crippen LogP contribution in [0.2, 0.25) is 0 Å². The van der Waals surface area contributed by atoms with Gasteiger partial charge in [-0.2, -0.15) is 4.99 Å². The maximum absolute atomic E-state index is 5.29. The van der Waals surface area contributed by atoms with E-state index in [4.69, 9.17) is 9.98 Å². The molecule has 7 aromatic carbocycles. The van der Waals surface area contributed by atoms with Crippen molar-refractivity contribution in [3.8, 4) is 16.8 Å². The number of aliphatic imine (C=N–C) groups is 2. The predicted octanol–water partition coefficient (Wildman–Crippen LogP) is 10.5. The Morgan fingerprint density at radius 1 is 0.440 bits per heavy atom. The quantitative estimate of drug-likeness (QED) is 0.204. The SMILES string of the molecule is c1ccc(C2=NC(c3ccccc3-c3ccccc3)NC(n3c4ccccc4c4cc5c6ccccc6n(-c6ccccc6)c5cc43)=N2)cc1. The van der Waals surface area contributed by atoms with Gasteiger partial charge in [-0.3, -0.25) is 4.57 Å². The van der Waals surface area contributed by atoms with Gasteiger partial charge in [0.15, 0.2) is 5.84 Å². The molecule has 5 heteroatoms. The first-order valence-electron chi connectivity index (χ1n) is 17.0. The zero-order valence-electron chi connectivity index (χ0n) is 27.1. The molecule has 0 aliphatic carbocycles. The molecule has 0 fully saturated rings. The average Bonchev–Trinajstić information content (AvgIpc) is 3.70. The molecule has 0 amide bonds. The summed E-state index contributed by atoms with van der Waals surface area (Å²) < 4.78 is 4.66. The van der Waals surface area contributed by atoms with Crippen LogP contribution in [0, 0.1) is 0 Å². The highest BCUT2D eigenvalue weighted by atomic mass is 15.3. The van der Waals surface area contributed by atoms with E-state index in [0.29, 0.717) is 5.84 Å². The first-order chi connectivity index (χ1) is 24.8. The van der Waals surface area contributed by atoms with Gasteiger partial charge in [-0.15, -0.1) is 0 Å². The third-order valence-electron chi connectivity index (χ3n) is 9.79. The third-order valence-corrected chi connectivity index (χ3v) is 9.79. The van der Waals surface area contributed by atoms with E-state index < -0.39 is 0 Å². The fourth-order valence-corrected chi connectivity index (χ4v) is 7.56. The number of amidine groups is 1. The predicted molar refractivity (Wildman–Crippen MR) is 207 cm³/mol. The lowest BCUT2D eigenvalue weighted by Gasteiger charge is -2.26. The lowest BCUT2D eigenvalue weighted by Crippen LogP contribution is -2.37. The molecular formula is C45H31N5. The number of nitrogens with one attached hydrogen (secondary N) is 1. The van der Waals surface area contributed by atoms with Gasteiger partial charge in [0.1, 0.15) is 6.17 Å². The summed E-state index contributed by atoms with van der Waals surface area (Å²) in [5, 5.41) is 8.61. The maximum atomic E-state index is 5.29. The summed E-state index contributed by atoms with van der Waals surface area (Å²) in [5.41, 5.74) is 9.97. The van der Waals surface area contributed by atoms with Crippen LogP contribution >= 0.6 is 0 Å². The number of aromatic nitrogens is 2. The van der Waals surface area contributed by atoms with Gasteiger partial charge in [0.25, 0.3) is 0 Å². The Balaban J connectivity index is 1.25. The number of rotatable bonds is 4. The topological polar surface area (TPSA) is 46.6 Å². The van der Waals surface area contributed by atoms with Crippen molar-refractivity contribution in [2.24, 2.45) is 9.98 Å². The maximum Gasteiger partial charge on any atom is 0.211 e. The molecule has 1 N–H and O–H groups in total. The largest absolute Gasteiger partial charge is 0.330 e. The van der Waals surface area contributed by atoms with E-state index >= 15 is 0 Å². The van der Waals surface area contributed by atoms with Crippen LogP contribution in [0.4, 0.5) is 0 Å². The summed E-state index contributed by atoms with van der Waals surface area (Å²) in [6.07, 6.45) is -0.371. The molecule has 9 aromatic rings. The van der Waals surface area contributed by atoms with Gasteiger partial charge in [0.05, 0.1) is 22.1 Å². The van der Waals surface area contributed by atoms with Crippen LogP contribution in [-0.2, 0) is 0 Å². The molecule has 3 heterocycles. The number of nitrogens with zero attached hydrogens (tertiary/aromatic N) is 4. The van der Waals surface area contributed by atoms with Crippen LogP contribution in [0.25, 0.3) is 60.4 Å². The van der Waals surface area contributed by atoms with Gasteiger partial charge in [0.2, 0.25) is 5.96 Å². The second kappa shape index (κ2) is 11.5. The van der Waals surface area contributed by atoms with E-state index in [2.05, 4.69) is 172 Å². The van der Waals surface area contributed by atoms with Crippen molar-refractivity contribution in [2.45, 2.75) is 6.17 Å². The van der Waals surface area contributed by atoms with E-state index in [1.807, 2.05) is 18.2 Å². The van der Waals surface area contributed by atoms with Gasteiger partial charge in [-0.05, 0) is 47.5 Å². The van der Waals surface area contributed by atoms with Gasteiger partial charge in [0, 0.05) is 38.4 Å². The first-order valence-corrected chi connectivity index (χ1v) is 17.0. The Morgan fingerprint density at radius 3 is 1.68 bits per heavy atom. The fourth-order valence-electron chi connectivity index (χ4n) is 7.56. The Morgan fingerprint density at radius 2 is 0.980 bits per heavy atom. The number of fused-ring (bicyclic) bond motifs is 6. The van der Waals surface area contributed by atoms with Crippen molar-refractivity contribution in [3.05, 3.63) is 187 Å². The van der Waals surface area contributed by atoms with E-state index in [1.54, 1.807) is 0 Å². The molecule has 0 saturated carbocycles. The number of para-hydroxylation sites is 3. The summed E-state index contributed by atoms with van der Waals surface area (Å²) in [5.74, 6) is 1.43. The van der Waals surface area contributed by atoms with Crippen LogP contribution in [-0.4, -0.2) is 20.9 Å². The highest BCUT2D eigenvalue weighted by Gasteiger charge is 2.26. The van der Waals surface area contributed by atoms with Crippen LogP contribution in [0.3, 0.4) is 0 Å². The highest BCUT2D eigenvalue weighted by molar-refractivity contribution is 6.22. The Hall–Kier alpha value is -6.72. The summed E-state index contributed by atoms with van der Waals surface area (Å²) >= 11 is 0. The van der Waals surface area contributed by atoms with Crippen molar-refractivity contribution in [1.29, 1.82) is 0 Å². The molecule has 1 aliphatic rings. The van der Waals surface area contributed by atoms with Crippen LogP contribution < -0.4 is 5.32 Å². The lowest BCUT2D eigenvalue weighted by atomic mass is 9.97. The lowest BCUT2D eigenvalue weighted by molar-refractivity contribution is 0.663. The van der Waals surface area contributed by atoms with Crippen LogP contribution in [0.1, 0.15) is 17.3 Å². The average molecular weight is 642 g/mol. The minimum atomic E-state index is -0.371. The van der Waals surface area contributed by atoms with Gasteiger partial charge in [-0.1, -0.05) is 140 Å². The van der Waals surface area contributed by atoms with Gasteiger partial charge < -0.3 is 9.88 Å². The molecule has 236 valence electrons. The molecule has 1 atom stereocenters. The van der Waals surface area contributed by atoms with Gasteiger partial charge >= 0.3 is 0 Å². The molecule has 50 heavy (non-hydrogen) atoms. The Kier molecular flexibility index (Phi) is 6.49. The van der Waals surface area contributed by atoms with Crippen LogP contribution in [0.15, 0.2) is 186 Å². The minimum Gasteiger partial charge on any atom is -0.330 e. The minimum absolute atomic E-state index is 0.371. The van der Waals surface area contributed by atoms with Crippen molar-refractivity contribution >= 4 is 55.4 Å². The molecule has 2 aromatic heterocycles. The summed E-state index contributed by atoms with van der Waals surface area (Å²) in [7, 11) is 0. The molecular weight excluding hydrogens is 611 g/mol. The summed E-state index contributed by atoms with van der Waals surface area (Å²) in [6, 6.07) is 62.0. The number of benzene rings is 7. The van der Waals surface area contributed by atoms with Crippen LogP contribution in [0.5, 0.6) is 0 Å². The van der Waals surface area contributed by atoms with Crippen molar-refractivity contribution < 1.29 is 0 Å². The zero-order valence-corrected chi connectivity index (χ0v) is 27.1. The monoisotopic (exact) mass is 641 g/mol. The second-order valence-electron chi connectivity index (χ2n) is 12.7. The van der Waals surface area contributed by atoms with Crippen molar-refractivity contribution in [3.63, 3.8) is 0 Å². The summed E-state index contributed by atoms with van der Waals surface area (Å²) in [6.45, 7) is 0. The molecule has 0 bridgehead atoms. The van der Waals surface area contributed by atoms with E-state index in [0.717, 1.165) is 50.5 Å². The standard InChI is InChI=1S/C45H31N5/c1-4-16-30(17-5-1)33-22-10-11-25-36(33)44-46-43(31-18-6-2-7-19-31)47-45(48-44)50-40-27-15-13-24-35(40)38-28-37-34-23-12-14-26-39(34)49(41(37)29-42(38)50)32-20-8-3-9-21-32/h1-29,44H,(H,46,47,48). The molecule has 5 nitrogen and oxygen atoms in total. The van der Waals surface area contributed by atoms with Crippen molar-refractivity contribution in [2.75, 3.05) is 0 Å². The molecule has 10 rings (SSSR count). The Labute approximate surface area is 289 Å². The molecule has 0 radical (unpaired) electrons. The van der Waals surface area contributed by atoms with E-state index in [9.17, 15) is 0 Å². The highest BCUT2D eigenvalue weighted by Crippen LogP contribution is 2.39. The first kappa shape index (κ1) is 28.3. The molecule has 1 aliphatic heterocycles. The van der Waals surface area contributed by atoms with Gasteiger partial charge in [-0.25, -0.2) is 4.99 Å². The number of hydrogen-bond donors (Lipinski definition) is 1. The van der Waals surface area contributed by atoms with E-state index in [-0.39, 0.29) is 6.17 Å². The number of hydrogen-bond acceptors (Lipinski definition) is 3. The van der Waals surface area contributed by atoms with E-state index in [1.165, 1.54) is 27.1 Å². The smallest absolute Gasteiger partial charge is 0.211 e. The molecule has 0 saturated heterocycles. The zero-order chi connectivity index (χ0) is 33.0. The van der Waals surface area contributed by atoms with Crippen molar-refractivity contribution in [1.82, 2.24) is 14.5 Å². The fraction of sp³-hybridized carbons (Fsp3) is 0.0222. The summed E-state index contributed by atoms with van der Waals surface area (Å²) in [4.78, 5) is 10.5. The second-order valence-corrected chi connectivity index (χ2v) is 12.7. The third kappa shape index (κ3) is 4.48. The molecule has 0 spiro atoms. The molecule has 1 unspecified atom stereocenters. The normalized spacial score (nSPS) is 14.6.